The van der Waals surface area contributed by atoms with E-state index in [1.165, 1.54) is 41.6 Å². The van der Waals surface area contributed by atoms with E-state index in [4.69, 9.17) is 4.42 Å². The molecule has 0 saturated carbocycles. The summed E-state index contributed by atoms with van der Waals surface area (Å²) in [7, 11) is 0. The number of halogens is 1. The third-order valence-electron chi connectivity index (χ3n) is 4.98. The summed E-state index contributed by atoms with van der Waals surface area (Å²) in [5.41, 5.74) is 1.69. The van der Waals surface area contributed by atoms with Crippen LogP contribution >= 0.6 is 0 Å². The zero-order valence-corrected chi connectivity index (χ0v) is 15.3. The Kier molecular flexibility index (Phi) is 3.77. The molecule has 7 heteroatoms. The Balaban J connectivity index is 1.83. The Morgan fingerprint density at radius 3 is 2.48 bits per heavy atom. The van der Waals surface area contributed by atoms with Crippen molar-refractivity contribution in [1.82, 2.24) is 9.97 Å². The third-order valence-corrected chi connectivity index (χ3v) is 4.98. The highest BCUT2D eigenvalue weighted by atomic mass is 19.1. The van der Waals surface area contributed by atoms with Gasteiger partial charge in [0, 0.05) is 12.4 Å². The summed E-state index contributed by atoms with van der Waals surface area (Å²) in [5, 5.41) is 0.388. The Labute approximate surface area is 164 Å². The van der Waals surface area contributed by atoms with Gasteiger partial charge in [-0.2, -0.15) is 0 Å². The smallest absolute Gasteiger partial charge is 0.297 e. The van der Waals surface area contributed by atoms with E-state index in [0.29, 0.717) is 16.5 Å². The Hall–Kier alpha value is -3.87. The summed E-state index contributed by atoms with van der Waals surface area (Å²) in [5.74, 6) is -0.840. The molecular weight excluding hydrogens is 373 g/mol. The van der Waals surface area contributed by atoms with Gasteiger partial charge in [0.25, 0.3) is 5.91 Å². The standard InChI is InChI=1S/C22H14FN3O3/c1-12-3-8-16-15(11-12)19(27)17-18(13-4-6-14(23)7-5-13)26(21(28)20(17)29-16)22-24-9-2-10-25-22/h2-11,18H,1H3. The van der Waals surface area contributed by atoms with Crippen molar-refractivity contribution in [2.45, 2.75) is 13.0 Å². The molecule has 1 aliphatic heterocycles. The Morgan fingerprint density at radius 1 is 1.03 bits per heavy atom. The minimum Gasteiger partial charge on any atom is -0.450 e. The normalized spacial score (nSPS) is 15.7. The second-order valence-corrected chi connectivity index (χ2v) is 6.85. The summed E-state index contributed by atoms with van der Waals surface area (Å²) in [6.45, 7) is 1.87. The molecule has 0 radical (unpaired) electrons. The fraction of sp³-hybridized carbons (Fsp3) is 0.0909. The third kappa shape index (κ3) is 2.62. The predicted molar refractivity (Wildman–Crippen MR) is 104 cm³/mol. The van der Waals surface area contributed by atoms with Gasteiger partial charge in [-0.1, -0.05) is 23.8 Å². The highest BCUT2D eigenvalue weighted by Gasteiger charge is 2.44. The minimum atomic E-state index is -0.818. The van der Waals surface area contributed by atoms with Crippen LogP contribution in [0.15, 0.2) is 70.1 Å². The number of nitrogens with zero attached hydrogens (tertiary/aromatic N) is 3. The average molecular weight is 387 g/mol. The molecule has 1 atom stereocenters. The van der Waals surface area contributed by atoms with Gasteiger partial charge in [-0.3, -0.25) is 14.5 Å². The van der Waals surface area contributed by atoms with Gasteiger partial charge in [0.15, 0.2) is 5.43 Å². The summed E-state index contributed by atoms with van der Waals surface area (Å²) >= 11 is 0. The van der Waals surface area contributed by atoms with E-state index < -0.39 is 17.8 Å². The maximum atomic E-state index is 13.5. The summed E-state index contributed by atoms with van der Waals surface area (Å²) in [6, 6.07) is 11.7. The van der Waals surface area contributed by atoms with Crippen LogP contribution in [0.2, 0.25) is 0 Å². The molecule has 0 aliphatic carbocycles. The maximum absolute atomic E-state index is 13.5. The SMILES string of the molecule is Cc1ccc2oc3c(c(=O)c2c1)C(c1ccc(F)cc1)N(c1ncccn1)C3=O. The van der Waals surface area contributed by atoms with Crippen LogP contribution in [0.3, 0.4) is 0 Å². The molecule has 29 heavy (non-hydrogen) atoms. The number of amides is 1. The molecule has 0 N–H and O–H groups in total. The number of hydrogen-bond acceptors (Lipinski definition) is 5. The van der Waals surface area contributed by atoms with Gasteiger partial charge >= 0.3 is 0 Å². The Morgan fingerprint density at radius 2 is 1.76 bits per heavy atom. The average Bonchev–Trinajstić information content (AvgIpc) is 3.03. The van der Waals surface area contributed by atoms with Crippen molar-refractivity contribution in [2.24, 2.45) is 0 Å². The van der Waals surface area contributed by atoms with Crippen LogP contribution in [0.1, 0.15) is 33.3 Å². The van der Waals surface area contributed by atoms with Gasteiger partial charge in [0.2, 0.25) is 11.7 Å². The first kappa shape index (κ1) is 17.2. The van der Waals surface area contributed by atoms with E-state index in [0.717, 1.165) is 5.56 Å². The molecule has 4 aromatic rings. The lowest BCUT2D eigenvalue weighted by Crippen LogP contribution is -2.31. The van der Waals surface area contributed by atoms with Crippen molar-refractivity contribution in [3.8, 4) is 0 Å². The molecule has 0 bridgehead atoms. The van der Waals surface area contributed by atoms with Gasteiger partial charge in [-0.05, 0) is 42.8 Å². The molecule has 142 valence electrons. The van der Waals surface area contributed by atoms with Crippen molar-refractivity contribution in [2.75, 3.05) is 4.90 Å². The summed E-state index contributed by atoms with van der Waals surface area (Å²) < 4.78 is 19.4. The molecule has 0 fully saturated rings. The molecule has 2 aromatic heterocycles. The van der Waals surface area contributed by atoms with E-state index >= 15 is 0 Å². The molecule has 0 saturated heterocycles. The predicted octanol–water partition coefficient (Wildman–Crippen LogP) is 3.78. The summed E-state index contributed by atoms with van der Waals surface area (Å²) in [6.07, 6.45) is 3.02. The van der Waals surface area contributed by atoms with Crippen molar-refractivity contribution in [3.63, 3.8) is 0 Å². The first-order chi connectivity index (χ1) is 14.0. The van der Waals surface area contributed by atoms with Crippen molar-refractivity contribution < 1.29 is 13.6 Å². The lowest BCUT2D eigenvalue weighted by molar-refractivity contribution is 0.0969. The highest BCUT2D eigenvalue weighted by Crippen LogP contribution is 2.39. The molecule has 0 spiro atoms. The number of rotatable bonds is 2. The van der Waals surface area contributed by atoms with E-state index in [1.807, 2.05) is 13.0 Å². The number of carbonyl (C=O) groups is 1. The number of aromatic nitrogens is 2. The molecule has 1 unspecified atom stereocenters. The number of carbonyl (C=O) groups excluding carboxylic acids is 1. The molecule has 2 aromatic carbocycles. The number of fused-ring (bicyclic) bond motifs is 2. The second-order valence-electron chi connectivity index (χ2n) is 6.85. The van der Waals surface area contributed by atoms with Crippen molar-refractivity contribution in [1.29, 1.82) is 0 Å². The molecule has 3 heterocycles. The van der Waals surface area contributed by atoms with Crippen LogP contribution in [0, 0.1) is 12.7 Å². The second kappa shape index (κ2) is 6.34. The fourth-order valence-electron chi connectivity index (χ4n) is 3.67. The van der Waals surface area contributed by atoms with E-state index in [1.54, 1.807) is 18.2 Å². The van der Waals surface area contributed by atoms with Crippen LogP contribution < -0.4 is 10.3 Å². The molecular formula is C22H14FN3O3. The maximum Gasteiger partial charge on any atom is 0.297 e. The van der Waals surface area contributed by atoms with E-state index in [-0.39, 0.29) is 22.7 Å². The van der Waals surface area contributed by atoms with Crippen molar-refractivity contribution >= 4 is 22.8 Å². The van der Waals surface area contributed by atoms with Crippen LogP contribution in [0.4, 0.5) is 10.3 Å². The van der Waals surface area contributed by atoms with E-state index in [9.17, 15) is 14.0 Å². The van der Waals surface area contributed by atoms with E-state index in [2.05, 4.69) is 9.97 Å². The largest absolute Gasteiger partial charge is 0.450 e. The number of hydrogen-bond donors (Lipinski definition) is 0. The number of benzene rings is 2. The van der Waals surface area contributed by atoms with Gasteiger partial charge in [0.05, 0.1) is 17.0 Å². The zero-order chi connectivity index (χ0) is 20.1. The quantitative estimate of drug-likeness (QED) is 0.523. The topological polar surface area (TPSA) is 76.3 Å². The van der Waals surface area contributed by atoms with Crippen LogP contribution in [-0.2, 0) is 0 Å². The first-order valence-electron chi connectivity index (χ1n) is 8.98. The molecule has 6 nitrogen and oxygen atoms in total. The van der Waals surface area contributed by atoms with Gasteiger partial charge < -0.3 is 4.42 Å². The Bertz CT molecular complexity index is 1320. The van der Waals surface area contributed by atoms with Crippen LogP contribution in [0.5, 0.6) is 0 Å². The van der Waals surface area contributed by atoms with Crippen molar-refractivity contribution in [3.05, 3.63) is 99.4 Å². The minimum absolute atomic E-state index is 0.0480. The van der Waals surface area contributed by atoms with Gasteiger partial charge in [0.1, 0.15) is 11.4 Å². The lowest BCUT2D eigenvalue weighted by atomic mass is 9.98. The molecule has 1 amide bonds. The van der Waals surface area contributed by atoms with Gasteiger partial charge in [-0.15, -0.1) is 0 Å². The fourth-order valence-corrected chi connectivity index (χ4v) is 3.67. The van der Waals surface area contributed by atoms with Crippen LogP contribution in [-0.4, -0.2) is 15.9 Å². The monoisotopic (exact) mass is 387 g/mol. The zero-order valence-electron chi connectivity index (χ0n) is 15.3. The number of anilines is 1. The number of aryl methyl sites for hydroxylation is 1. The van der Waals surface area contributed by atoms with Crippen LogP contribution in [0.25, 0.3) is 11.0 Å². The summed E-state index contributed by atoms with van der Waals surface area (Å²) in [4.78, 5) is 36.3. The first-order valence-corrected chi connectivity index (χ1v) is 8.98. The molecule has 1 aliphatic rings. The van der Waals surface area contributed by atoms with Gasteiger partial charge in [-0.25, -0.2) is 14.4 Å². The lowest BCUT2D eigenvalue weighted by Gasteiger charge is -2.22. The highest BCUT2D eigenvalue weighted by molar-refractivity contribution is 6.09. The molecule has 5 rings (SSSR count).